The maximum absolute atomic E-state index is 12.6. The fraction of sp³-hybridized carbons (Fsp3) is 0.848. The van der Waals surface area contributed by atoms with Gasteiger partial charge in [0, 0.05) is 19.6 Å². The number of hydrogen-bond acceptors (Lipinski definition) is 7. The third-order valence-electron chi connectivity index (χ3n) is 9.81. The van der Waals surface area contributed by atoms with E-state index in [9.17, 15) is 14.3 Å². The average Bonchev–Trinajstić information content (AvgIpc) is 3.17. The first-order valence-corrected chi connectivity index (χ1v) is 24.5. The largest absolute Gasteiger partial charge is 0.472 e. The molecule has 0 spiro atoms. The SMILES string of the molecule is CCCCC/C=C\C/C=C\C/C=C\CCCCCCCCC(=O)OC(COCCCCCCCCCCCCCCCCCCC)COP(=O)(O)OCCN. The van der Waals surface area contributed by atoms with Crippen LogP contribution in [0.15, 0.2) is 36.5 Å². The van der Waals surface area contributed by atoms with Gasteiger partial charge in [-0.3, -0.25) is 13.8 Å². The zero-order chi connectivity index (χ0) is 40.2. The van der Waals surface area contributed by atoms with Gasteiger partial charge < -0.3 is 20.1 Å². The van der Waals surface area contributed by atoms with Gasteiger partial charge in [-0.25, -0.2) is 4.57 Å². The summed E-state index contributed by atoms with van der Waals surface area (Å²) in [4.78, 5) is 22.5. The molecule has 0 aromatic heterocycles. The fourth-order valence-electron chi connectivity index (χ4n) is 6.42. The first kappa shape index (κ1) is 53.7. The number of phosphoric acid groups is 1. The molecule has 2 unspecified atom stereocenters. The normalized spacial score (nSPS) is 13.7. The standard InChI is InChI=1S/C46H88NO7P/c1-3-5-7-9-11-13-15-17-19-21-22-23-25-27-29-31-33-35-37-39-46(48)54-45(44-53-55(49,50)52-42-40-47)43-51-41-38-36-34-32-30-28-26-24-20-18-16-14-12-10-8-6-4-2/h11,13,17,19,22-23,45H,3-10,12,14-16,18,20-21,24-44,47H2,1-2H3,(H,49,50)/b13-11-,19-17-,23-22-. The molecule has 324 valence electrons. The number of ether oxygens (including phenoxy) is 2. The second kappa shape index (κ2) is 43.8. The van der Waals surface area contributed by atoms with Crippen LogP contribution in [0, 0.1) is 0 Å². The van der Waals surface area contributed by atoms with E-state index in [-0.39, 0.29) is 32.3 Å². The Labute approximate surface area is 339 Å². The van der Waals surface area contributed by atoms with Crippen LogP contribution in [-0.4, -0.2) is 49.9 Å². The number of unbranched alkanes of at least 4 members (excludes halogenated alkanes) is 25. The van der Waals surface area contributed by atoms with Gasteiger partial charge in [-0.1, -0.05) is 192 Å². The van der Waals surface area contributed by atoms with Crippen LogP contribution >= 0.6 is 7.82 Å². The number of hydrogen-bond donors (Lipinski definition) is 2. The molecule has 0 heterocycles. The summed E-state index contributed by atoms with van der Waals surface area (Å²) >= 11 is 0. The molecule has 0 aromatic carbocycles. The first-order chi connectivity index (χ1) is 26.9. The van der Waals surface area contributed by atoms with Crippen molar-refractivity contribution in [1.29, 1.82) is 0 Å². The molecule has 9 heteroatoms. The minimum atomic E-state index is -4.28. The van der Waals surface area contributed by atoms with Gasteiger partial charge in [0.05, 0.1) is 19.8 Å². The Balaban J connectivity index is 4.02. The topological polar surface area (TPSA) is 117 Å². The Kier molecular flexibility index (Phi) is 42.8. The Bertz CT molecular complexity index is 941. The molecule has 0 saturated heterocycles. The molecule has 0 radical (unpaired) electrons. The van der Waals surface area contributed by atoms with Gasteiger partial charge in [0.2, 0.25) is 0 Å². The predicted molar refractivity (Wildman–Crippen MR) is 233 cm³/mol. The van der Waals surface area contributed by atoms with Gasteiger partial charge in [-0.2, -0.15) is 0 Å². The lowest BCUT2D eigenvalue weighted by molar-refractivity contribution is -0.154. The lowest BCUT2D eigenvalue weighted by Gasteiger charge is -2.20. The van der Waals surface area contributed by atoms with Gasteiger partial charge in [0.25, 0.3) is 0 Å². The number of nitrogens with two attached hydrogens (primary N) is 1. The molecule has 0 rings (SSSR count). The van der Waals surface area contributed by atoms with E-state index in [1.54, 1.807) is 0 Å². The maximum atomic E-state index is 12.6. The van der Waals surface area contributed by atoms with Crippen LogP contribution in [0.5, 0.6) is 0 Å². The Morgan fingerprint density at radius 1 is 0.545 bits per heavy atom. The molecule has 0 aliphatic carbocycles. The smallest absolute Gasteiger partial charge is 0.457 e. The van der Waals surface area contributed by atoms with Crippen LogP contribution in [0.25, 0.3) is 0 Å². The van der Waals surface area contributed by atoms with Crippen molar-refractivity contribution in [2.24, 2.45) is 5.73 Å². The lowest BCUT2D eigenvalue weighted by Crippen LogP contribution is -2.28. The number of allylic oxidation sites excluding steroid dienone is 6. The maximum Gasteiger partial charge on any atom is 0.472 e. The third-order valence-corrected chi connectivity index (χ3v) is 10.8. The van der Waals surface area contributed by atoms with Crippen LogP contribution < -0.4 is 5.73 Å². The van der Waals surface area contributed by atoms with Crippen molar-refractivity contribution in [3.63, 3.8) is 0 Å². The van der Waals surface area contributed by atoms with E-state index in [2.05, 4.69) is 50.3 Å². The van der Waals surface area contributed by atoms with E-state index in [1.165, 1.54) is 135 Å². The summed E-state index contributed by atoms with van der Waals surface area (Å²) in [5.74, 6) is -0.340. The summed E-state index contributed by atoms with van der Waals surface area (Å²) in [5, 5.41) is 0. The quantitative estimate of drug-likeness (QED) is 0.0271. The van der Waals surface area contributed by atoms with Crippen LogP contribution in [0.2, 0.25) is 0 Å². The number of phosphoric ester groups is 1. The van der Waals surface area contributed by atoms with Gasteiger partial charge >= 0.3 is 13.8 Å². The summed E-state index contributed by atoms with van der Waals surface area (Å²) in [6.45, 7) is 4.91. The van der Waals surface area contributed by atoms with E-state index in [1.807, 2.05) is 0 Å². The molecule has 3 N–H and O–H groups in total. The van der Waals surface area contributed by atoms with Crippen molar-refractivity contribution in [3.8, 4) is 0 Å². The second-order valence-electron chi connectivity index (χ2n) is 15.3. The van der Waals surface area contributed by atoms with Crippen molar-refractivity contribution in [1.82, 2.24) is 0 Å². The Morgan fingerprint density at radius 2 is 0.964 bits per heavy atom. The summed E-state index contributed by atoms with van der Waals surface area (Å²) in [5.41, 5.74) is 5.37. The molecule has 0 amide bonds. The van der Waals surface area contributed by atoms with Gasteiger partial charge in [-0.15, -0.1) is 0 Å². The Morgan fingerprint density at radius 3 is 1.47 bits per heavy atom. The zero-order valence-electron chi connectivity index (χ0n) is 35.9. The highest BCUT2D eigenvalue weighted by Crippen LogP contribution is 2.43. The van der Waals surface area contributed by atoms with E-state index >= 15 is 0 Å². The van der Waals surface area contributed by atoms with Gasteiger partial charge in [0.15, 0.2) is 0 Å². The molecule has 8 nitrogen and oxygen atoms in total. The van der Waals surface area contributed by atoms with Crippen LogP contribution in [0.1, 0.15) is 213 Å². The number of rotatable bonds is 44. The number of esters is 1. The highest BCUT2D eigenvalue weighted by Gasteiger charge is 2.25. The summed E-state index contributed by atoms with van der Waals surface area (Å²) in [7, 11) is -4.28. The molecule has 0 aliphatic heterocycles. The van der Waals surface area contributed by atoms with Crippen LogP contribution in [0.4, 0.5) is 0 Å². The first-order valence-electron chi connectivity index (χ1n) is 23.0. The predicted octanol–water partition coefficient (Wildman–Crippen LogP) is 13.8. The molecule has 0 bridgehead atoms. The molecule has 0 aliphatic rings. The van der Waals surface area contributed by atoms with Crippen molar-refractivity contribution < 1.29 is 32.8 Å². The monoisotopic (exact) mass is 798 g/mol. The van der Waals surface area contributed by atoms with Crippen molar-refractivity contribution in [2.75, 3.05) is 33.0 Å². The van der Waals surface area contributed by atoms with Gasteiger partial charge in [-0.05, 0) is 51.4 Å². The van der Waals surface area contributed by atoms with Crippen molar-refractivity contribution >= 4 is 13.8 Å². The number of carbonyl (C=O) groups excluding carboxylic acids is 1. The van der Waals surface area contributed by atoms with Crippen LogP contribution in [-0.2, 0) is 27.9 Å². The highest BCUT2D eigenvalue weighted by atomic mass is 31.2. The lowest BCUT2D eigenvalue weighted by atomic mass is 10.0. The van der Waals surface area contributed by atoms with Crippen molar-refractivity contribution in [2.45, 2.75) is 219 Å². The zero-order valence-corrected chi connectivity index (χ0v) is 36.8. The molecular weight excluding hydrogens is 709 g/mol. The molecule has 0 aromatic rings. The molecule has 0 saturated carbocycles. The molecule has 2 atom stereocenters. The number of carbonyl (C=O) groups is 1. The minimum absolute atomic E-state index is 0.0973. The van der Waals surface area contributed by atoms with E-state index in [4.69, 9.17) is 24.3 Å². The molecular formula is C46H88NO7P. The van der Waals surface area contributed by atoms with Gasteiger partial charge in [0.1, 0.15) is 6.10 Å². The third kappa shape index (κ3) is 43.7. The van der Waals surface area contributed by atoms with E-state index < -0.39 is 13.9 Å². The van der Waals surface area contributed by atoms with E-state index in [0.717, 1.165) is 57.8 Å². The van der Waals surface area contributed by atoms with Crippen LogP contribution in [0.3, 0.4) is 0 Å². The summed E-state index contributed by atoms with van der Waals surface area (Å²) < 4.78 is 33.5. The summed E-state index contributed by atoms with van der Waals surface area (Å²) in [6, 6.07) is 0. The fourth-order valence-corrected chi connectivity index (χ4v) is 7.18. The average molecular weight is 798 g/mol. The minimum Gasteiger partial charge on any atom is -0.457 e. The Hall–Kier alpha value is -1.28. The van der Waals surface area contributed by atoms with Crippen molar-refractivity contribution in [3.05, 3.63) is 36.5 Å². The molecule has 55 heavy (non-hydrogen) atoms. The van der Waals surface area contributed by atoms with E-state index in [0.29, 0.717) is 13.0 Å². The molecule has 0 fully saturated rings. The highest BCUT2D eigenvalue weighted by molar-refractivity contribution is 7.47. The second-order valence-corrected chi connectivity index (χ2v) is 16.7. The summed E-state index contributed by atoms with van der Waals surface area (Å²) in [6.07, 6.45) is 50.1.